The summed E-state index contributed by atoms with van der Waals surface area (Å²) >= 11 is 0. The van der Waals surface area contributed by atoms with Gasteiger partial charge in [0, 0.05) is 24.7 Å². The number of rotatable bonds is 7. The van der Waals surface area contributed by atoms with Gasteiger partial charge in [0.15, 0.2) is 16.4 Å². The zero-order valence-electron chi connectivity index (χ0n) is 18.5. The Bertz CT molecular complexity index is 1070. The number of amides is 1. The molecule has 0 spiro atoms. The Balaban J connectivity index is 1.73. The number of nitrogens with zero attached hydrogens (tertiary/aromatic N) is 2. The third-order valence-corrected chi connectivity index (χ3v) is 7.30. The van der Waals surface area contributed by atoms with E-state index < -0.39 is 20.8 Å². The van der Waals surface area contributed by atoms with E-state index in [-0.39, 0.29) is 41.7 Å². The van der Waals surface area contributed by atoms with Crippen LogP contribution in [0.2, 0.25) is 0 Å². The van der Waals surface area contributed by atoms with Gasteiger partial charge in [-0.15, -0.1) is 0 Å². The first-order chi connectivity index (χ1) is 14.9. The van der Waals surface area contributed by atoms with Crippen LogP contribution < -0.4 is 4.74 Å². The van der Waals surface area contributed by atoms with Crippen molar-refractivity contribution in [3.63, 3.8) is 0 Å². The number of hydrogen-bond donors (Lipinski definition) is 0. The highest BCUT2D eigenvalue weighted by Gasteiger charge is 2.35. The third kappa shape index (κ3) is 6.06. The van der Waals surface area contributed by atoms with Gasteiger partial charge >= 0.3 is 0 Å². The van der Waals surface area contributed by atoms with Crippen molar-refractivity contribution in [2.24, 2.45) is 0 Å². The summed E-state index contributed by atoms with van der Waals surface area (Å²) in [4.78, 5) is 24.8. The van der Waals surface area contributed by atoms with E-state index in [0.29, 0.717) is 12.2 Å². The molecule has 1 fully saturated rings. The molecule has 0 saturated carbocycles. The van der Waals surface area contributed by atoms with E-state index in [2.05, 4.69) is 20.8 Å². The molecule has 1 saturated heterocycles. The maximum absolute atomic E-state index is 13.0. The Morgan fingerprint density at radius 1 is 1.12 bits per heavy atom. The van der Waals surface area contributed by atoms with E-state index in [4.69, 9.17) is 4.74 Å². The van der Waals surface area contributed by atoms with Crippen molar-refractivity contribution in [2.45, 2.75) is 45.2 Å². The number of hydrogen-bond acceptors (Lipinski definition) is 6. The van der Waals surface area contributed by atoms with Crippen LogP contribution in [0.1, 0.15) is 38.3 Å². The Labute approximate surface area is 188 Å². The maximum atomic E-state index is 13.0. The van der Waals surface area contributed by atoms with E-state index in [0.717, 1.165) is 5.56 Å². The molecule has 0 aromatic heterocycles. The van der Waals surface area contributed by atoms with Crippen molar-refractivity contribution in [1.82, 2.24) is 4.90 Å². The normalized spacial score (nSPS) is 17.7. The first-order valence-electron chi connectivity index (χ1n) is 10.4. The van der Waals surface area contributed by atoms with Gasteiger partial charge in [0.05, 0.1) is 16.4 Å². The van der Waals surface area contributed by atoms with Gasteiger partial charge in [-0.25, -0.2) is 8.42 Å². The van der Waals surface area contributed by atoms with Crippen molar-refractivity contribution >= 4 is 21.4 Å². The summed E-state index contributed by atoms with van der Waals surface area (Å²) in [5, 5.41) is 10.8. The van der Waals surface area contributed by atoms with E-state index in [1.54, 1.807) is 4.90 Å². The van der Waals surface area contributed by atoms with Gasteiger partial charge < -0.3 is 9.64 Å². The third-order valence-electron chi connectivity index (χ3n) is 5.55. The molecule has 1 heterocycles. The zero-order valence-corrected chi connectivity index (χ0v) is 19.3. The molecular formula is C23H28N2O6S. The lowest BCUT2D eigenvalue weighted by molar-refractivity contribution is -0.384. The van der Waals surface area contributed by atoms with E-state index in [1.165, 1.54) is 29.8 Å². The van der Waals surface area contributed by atoms with Crippen LogP contribution >= 0.6 is 0 Å². The lowest BCUT2D eigenvalue weighted by Crippen LogP contribution is -2.43. The topological polar surface area (TPSA) is 107 Å². The molecule has 9 heteroatoms. The van der Waals surface area contributed by atoms with Crippen molar-refractivity contribution in [3.05, 3.63) is 69.8 Å². The molecule has 172 valence electrons. The van der Waals surface area contributed by atoms with Crippen LogP contribution in [-0.2, 0) is 26.6 Å². The molecule has 1 amide bonds. The Morgan fingerprint density at radius 3 is 2.25 bits per heavy atom. The van der Waals surface area contributed by atoms with Gasteiger partial charge in [0.1, 0.15) is 5.75 Å². The number of non-ortho nitro benzene ring substituents is 1. The highest BCUT2D eigenvalue weighted by atomic mass is 32.2. The SMILES string of the molecule is CC(C)(C)c1ccc(CN(C(=O)COc2ccc([N+](=O)[O-])cc2)C2CCS(=O)(=O)C2)cc1. The number of benzene rings is 2. The van der Waals surface area contributed by atoms with Crippen LogP contribution in [-0.4, -0.2) is 48.3 Å². The summed E-state index contributed by atoms with van der Waals surface area (Å²) < 4.78 is 29.6. The average Bonchev–Trinajstić information content (AvgIpc) is 3.09. The predicted molar refractivity (Wildman–Crippen MR) is 121 cm³/mol. The second kappa shape index (κ2) is 9.28. The molecule has 0 aliphatic carbocycles. The van der Waals surface area contributed by atoms with Crippen molar-refractivity contribution in [2.75, 3.05) is 18.1 Å². The summed E-state index contributed by atoms with van der Waals surface area (Å²) in [5.74, 6) is 0.00655. The molecule has 1 aliphatic heterocycles. The van der Waals surface area contributed by atoms with E-state index >= 15 is 0 Å². The lowest BCUT2D eigenvalue weighted by Gasteiger charge is -2.29. The summed E-state index contributed by atoms with van der Waals surface area (Å²) in [5.41, 5.74) is 2.02. The average molecular weight is 461 g/mol. The van der Waals surface area contributed by atoms with E-state index in [9.17, 15) is 23.3 Å². The Morgan fingerprint density at radius 2 is 1.75 bits per heavy atom. The highest BCUT2D eigenvalue weighted by molar-refractivity contribution is 7.91. The molecule has 2 aromatic carbocycles. The Kier molecular flexibility index (Phi) is 6.88. The van der Waals surface area contributed by atoms with Crippen molar-refractivity contribution in [1.29, 1.82) is 0 Å². The van der Waals surface area contributed by atoms with E-state index in [1.807, 2.05) is 24.3 Å². The lowest BCUT2D eigenvalue weighted by atomic mass is 9.86. The maximum Gasteiger partial charge on any atom is 0.269 e. The summed E-state index contributed by atoms with van der Waals surface area (Å²) in [6.07, 6.45) is 0.395. The molecule has 32 heavy (non-hydrogen) atoms. The number of carbonyl (C=O) groups excluding carboxylic acids is 1. The number of nitro groups is 1. The van der Waals surface area contributed by atoms with Crippen molar-refractivity contribution < 1.29 is 22.9 Å². The van der Waals surface area contributed by atoms with Gasteiger partial charge in [0.25, 0.3) is 11.6 Å². The quantitative estimate of drug-likeness (QED) is 0.462. The van der Waals surface area contributed by atoms with Crippen LogP contribution in [0.3, 0.4) is 0 Å². The molecule has 0 N–H and O–H groups in total. The van der Waals surface area contributed by atoms with Crippen LogP contribution in [0.25, 0.3) is 0 Å². The molecule has 2 aromatic rings. The summed E-state index contributed by atoms with van der Waals surface area (Å²) in [7, 11) is -3.17. The molecule has 0 bridgehead atoms. The van der Waals surface area contributed by atoms with Gasteiger partial charge in [-0.05, 0) is 35.1 Å². The fraction of sp³-hybridized carbons (Fsp3) is 0.435. The molecule has 1 aliphatic rings. The Hall–Kier alpha value is -2.94. The largest absolute Gasteiger partial charge is 0.484 e. The minimum absolute atomic E-state index is 0.00612. The van der Waals surface area contributed by atoms with Gasteiger partial charge in [-0.3, -0.25) is 14.9 Å². The minimum atomic E-state index is -3.17. The van der Waals surface area contributed by atoms with Crippen molar-refractivity contribution in [3.8, 4) is 5.75 Å². The van der Waals surface area contributed by atoms with Crippen LogP contribution in [0.4, 0.5) is 5.69 Å². The van der Waals surface area contributed by atoms with Gasteiger partial charge in [-0.1, -0.05) is 45.0 Å². The smallest absolute Gasteiger partial charge is 0.269 e. The first-order valence-corrected chi connectivity index (χ1v) is 12.2. The minimum Gasteiger partial charge on any atom is -0.484 e. The van der Waals surface area contributed by atoms with Crippen LogP contribution in [0, 0.1) is 10.1 Å². The fourth-order valence-corrected chi connectivity index (χ4v) is 5.37. The number of sulfone groups is 1. The molecule has 0 radical (unpaired) electrons. The first kappa shape index (κ1) is 23.7. The second-order valence-electron chi connectivity index (χ2n) is 9.07. The zero-order chi connectivity index (χ0) is 23.5. The number of ether oxygens (including phenoxy) is 1. The van der Waals surface area contributed by atoms with Crippen LogP contribution in [0.5, 0.6) is 5.75 Å². The number of carbonyl (C=O) groups is 1. The summed E-state index contributed by atoms with van der Waals surface area (Å²) in [6, 6.07) is 13.0. The standard InChI is InChI=1S/C23H28N2O6S/c1-23(2,3)18-6-4-17(5-7-18)14-24(20-12-13-32(29,30)16-20)22(26)15-31-21-10-8-19(9-11-21)25(27)28/h4-11,20H,12-16H2,1-3H3. The van der Waals surface area contributed by atoms with Gasteiger partial charge in [0.2, 0.25) is 0 Å². The molecular weight excluding hydrogens is 432 g/mol. The summed E-state index contributed by atoms with van der Waals surface area (Å²) in [6.45, 7) is 6.37. The van der Waals surface area contributed by atoms with Gasteiger partial charge in [-0.2, -0.15) is 0 Å². The molecule has 3 rings (SSSR count). The molecule has 1 unspecified atom stereocenters. The monoisotopic (exact) mass is 460 g/mol. The number of nitro benzene ring substituents is 1. The van der Waals surface area contributed by atoms with Crippen LogP contribution in [0.15, 0.2) is 48.5 Å². The molecule has 8 nitrogen and oxygen atoms in total. The predicted octanol–water partition coefficient (Wildman–Crippen LogP) is 3.49. The second-order valence-corrected chi connectivity index (χ2v) is 11.3. The highest BCUT2D eigenvalue weighted by Crippen LogP contribution is 2.25. The fourth-order valence-electron chi connectivity index (χ4n) is 3.64. The molecule has 1 atom stereocenters.